The summed E-state index contributed by atoms with van der Waals surface area (Å²) in [4.78, 5) is 23.8. The SMILES string of the molecule is O=C(O)[C@@H]1[C@@H](C(=O)NCC2CCCCC2)[C@H]2C=C[C@H]1C2. The number of carboxylic acids is 1. The first-order valence-corrected chi connectivity index (χ1v) is 7.85. The van der Waals surface area contributed by atoms with Gasteiger partial charge in [0.1, 0.15) is 0 Å². The molecule has 2 bridgehead atoms. The van der Waals surface area contributed by atoms with Crippen molar-refractivity contribution in [3.8, 4) is 0 Å². The number of allylic oxidation sites excluding steroid dienone is 2. The van der Waals surface area contributed by atoms with Crippen molar-refractivity contribution >= 4 is 11.9 Å². The molecule has 2 N–H and O–H groups in total. The first kappa shape index (κ1) is 13.7. The summed E-state index contributed by atoms with van der Waals surface area (Å²) in [6.45, 7) is 0.725. The lowest BCUT2D eigenvalue weighted by molar-refractivity contribution is -0.147. The molecule has 20 heavy (non-hydrogen) atoms. The van der Waals surface area contributed by atoms with E-state index in [9.17, 15) is 14.7 Å². The van der Waals surface area contributed by atoms with Crippen molar-refractivity contribution in [1.82, 2.24) is 5.32 Å². The highest BCUT2D eigenvalue weighted by molar-refractivity contribution is 5.86. The highest BCUT2D eigenvalue weighted by atomic mass is 16.4. The van der Waals surface area contributed by atoms with Crippen LogP contribution in [0.5, 0.6) is 0 Å². The van der Waals surface area contributed by atoms with Gasteiger partial charge in [-0.05, 0) is 37.0 Å². The van der Waals surface area contributed by atoms with Crippen LogP contribution in [0.1, 0.15) is 38.5 Å². The second-order valence-corrected chi connectivity index (χ2v) is 6.59. The number of hydrogen-bond donors (Lipinski definition) is 2. The maximum Gasteiger partial charge on any atom is 0.307 e. The lowest BCUT2D eigenvalue weighted by Crippen LogP contribution is -2.42. The Morgan fingerprint density at radius 2 is 1.70 bits per heavy atom. The predicted molar refractivity (Wildman–Crippen MR) is 74.9 cm³/mol. The van der Waals surface area contributed by atoms with Crippen LogP contribution in [0.25, 0.3) is 0 Å². The second kappa shape index (κ2) is 5.58. The number of amides is 1. The van der Waals surface area contributed by atoms with Gasteiger partial charge in [-0.2, -0.15) is 0 Å². The molecule has 3 aliphatic carbocycles. The van der Waals surface area contributed by atoms with E-state index in [2.05, 4.69) is 5.32 Å². The van der Waals surface area contributed by atoms with E-state index in [0.717, 1.165) is 13.0 Å². The fourth-order valence-electron chi connectivity index (χ4n) is 4.27. The minimum atomic E-state index is -0.820. The fraction of sp³-hybridized carbons (Fsp3) is 0.750. The molecular formula is C16H23NO3. The number of rotatable bonds is 4. The molecule has 0 aliphatic heterocycles. The number of nitrogens with one attached hydrogen (secondary N) is 1. The van der Waals surface area contributed by atoms with Gasteiger partial charge in [0.15, 0.2) is 0 Å². The second-order valence-electron chi connectivity index (χ2n) is 6.59. The normalized spacial score (nSPS) is 36.2. The van der Waals surface area contributed by atoms with Crippen LogP contribution in [0.2, 0.25) is 0 Å². The summed E-state index contributed by atoms with van der Waals surface area (Å²) in [5.41, 5.74) is 0. The zero-order valence-corrected chi connectivity index (χ0v) is 11.8. The standard InChI is InChI=1S/C16H23NO3/c18-15(17-9-10-4-2-1-3-5-10)13-11-6-7-12(8-11)14(13)16(19)20/h6-7,10-14H,1-5,8-9H2,(H,17,18)(H,19,20)/t11-,12-,13-,14-/m0/s1. The zero-order valence-electron chi connectivity index (χ0n) is 11.8. The van der Waals surface area contributed by atoms with Gasteiger partial charge in [0.2, 0.25) is 5.91 Å². The molecule has 4 heteroatoms. The van der Waals surface area contributed by atoms with Crippen molar-refractivity contribution < 1.29 is 14.7 Å². The Labute approximate surface area is 119 Å². The molecule has 0 aromatic rings. The van der Waals surface area contributed by atoms with Crippen LogP contribution in [-0.2, 0) is 9.59 Å². The van der Waals surface area contributed by atoms with E-state index in [4.69, 9.17) is 0 Å². The quantitative estimate of drug-likeness (QED) is 0.774. The predicted octanol–water partition coefficient (Wildman–Crippen LogP) is 2.21. The summed E-state index contributed by atoms with van der Waals surface area (Å²) in [6, 6.07) is 0. The topological polar surface area (TPSA) is 66.4 Å². The van der Waals surface area contributed by atoms with Crippen molar-refractivity contribution in [3.63, 3.8) is 0 Å². The molecule has 0 aromatic heterocycles. The van der Waals surface area contributed by atoms with Crippen molar-refractivity contribution in [2.45, 2.75) is 38.5 Å². The molecule has 0 radical (unpaired) electrons. The van der Waals surface area contributed by atoms with Gasteiger partial charge in [-0.15, -0.1) is 0 Å². The maximum atomic E-state index is 12.4. The average molecular weight is 277 g/mol. The Balaban J connectivity index is 1.58. The summed E-state index contributed by atoms with van der Waals surface area (Å²) >= 11 is 0. The van der Waals surface area contributed by atoms with E-state index in [1.165, 1.54) is 32.1 Å². The van der Waals surface area contributed by atoms with E-state index >= 15 is 0 Å². The third-order valence-corrected chi connectivity index (χ3v) is 5.34. The van der Waals surface area contributed by atoms with Gasteiger partial charge in [-0.1, -0.05) is 31.4 Å². The Morgan fingerprint density at radius 3 is 2.35 bits per heavy atom. The molecule has 4 atom stereocenters. The minimum absolute atomic E-state index is 0.0418. The molecule has 4 nitrogen and oxygen atoms in total. The van der Waals surface area contributed by atoms with E-state index in [1.807, 2.05) is 12.2 Å². The lowest BCUT2D eigenvalue weighted by atomic mass is 9.82. The van der Waals surface area contributed by atoms with E-state index < -0.39 is 11.9 Å². The first-order valence-electron chi connectivity index (χ1n) is 7.85. The van der Waals surface area contributed by atoms with Gasteiger partial charge in [0, 0.05) is 6.54 Å². The van der Waals surface area contributed by atoms with Crippen LogP contribution in [0.15, 0.2) is 12.2 Å². The summed E-state index contributed by atoms with van der Waals surface area (Å²) in [5, 5.41) is 12.4. The average Bonchev–Trinajstić information content (AvgIpc) is 3.06. The third-order valence-electron chi connectivity index (χ3n) is 5.34. The number of aliphatic carboxylic acids is 1. The monoisotopic (exact) mass is 277 g/mol. The number of carbonyl (C=O) groups is 2. The van der Waals surface area contributed by atoms with Crippen LogP contribution in [0.4, 0.5) is 0 Å². The summed E-state index contributed by atoms with van der Waals surface area (Å²) < 4.78 is 0. The number of hydrogen-bond acceptors (Lipinski definition) is 2. The lowest BCUT2D eigenvalue weighted by Gasteiger charge is -2.26. The van der Waals surface area contributed by atoms with Gasteiger partial charge >= 0.3 is 5.97 Å². The molecule has 3 rings (SSSR count). The van der Waals surface area contributed by atoms with Crippen LogP contribution >= 0.6 is 0 Å². The van der Waals surface area contributed by atoms with Crippen molar-refractivity contribution in [3.05, 3.63) is 12.2 Å². The van der Waals surface area contributed by atoms with Crippen molar-refractivity contribution in [2.24, 2.45) is 29.6 Å². The molecule has 0 aromatic carbocycles. The van der Waals surface area contributed by atoms with Gasteiger partial charge in [-0.3, -0.25) is 9.59 Å². The zero-order chi connectivity index (χ0) is 14.1. The van der Waals surface area contributed by atoms with Crippen LogP contribution in [0, 0.1) is 29.6 Å². The Morgan fingerprint density at radius 1 is 1.05 bits per heavy atom. The Bertz CT molecular complexity index is 425. The summed E-state index contributed by atoms with van der Waals surface area (Å²) in [7, 11) is 0. The molecule has 1 amide bonds. The van der Waals surface area contributed by atoms with Crippen LogP contribution < -0.4 is 5.32 Å². The number of carboxylic acid groups (broad SMARTS) is 1. The number of fused-ring (bicyclic) bond motifs is 2. The summed E-state index contributed by atoms with van der Waals surface area (Å²) in [5.74, 6) is -0.956. The fourth-order valence-corrected chi connectivity index (χ4v) is 4.27. The molecule has 2 fully saturated rings. The highest BCUT2D eigenvalue weighted by Gasteiger charge is 2.51. The molecule has 110 valence electrons. The molecule has 0 spiro atoms. The van der Waals surface area contributed by atoms with Crippen molar-refractivity contribution in [2.75, 3.05) is 6.54 Å². The Hall–Kier alpha value is -1.32. The number of carbonyl (C=O) groups excluding carboxylic acids is 1. The minimum Gasteiger partial charge on any atom is -0.481 e. The van der Waals surface area contributed by atoms with Gasteiger partial charge in [0.05, 0.1) is 11.8 Å². The third kappa shape index (κ3) is 2.48. The van der Waals surface area contributed by atoms with Gasteiger partial charge in [0.25, 0.3) is 0 Å². The van der Waals surface area contributed by atoms with Gasteiger partial charge < -0.3 is 10.4 Å². The van der Waals surface area contributed by atoms with Crippen LogP contribution in [-0.4, -0.2) is 23.5 Å². The molecule has 2 saturated carbocycles. The van der Waals surface area contributed by atoms with E-state index in [0.29, 0.717) is 5.92 Å². The molecular weight excluding hydrogens is 254 g/mol. The first-order chi connectivity index (χ1) is 9.66. The molecule has 0 heterocycles. The van der Waals surface area contributed by atoms with E-state index in [-0.39, 0.29) is 23.7 Å². The molecule has 0 unspecified atom stereocenters. The summed E-state index contributed by atoms with van der Waals surface area (Å²) in [6.07, 6.45) is 11.1. The largest absolute Gasteiger partial charge is 0.481 e. The smallest absolute Gasteiger partial charge is 0.307 e. The molecule has 3 aliphatic rings. The Kier molecular flexibility index (Phi) is 3.81. The molecule has 0 saturated heterocycles. The van der Waals surface area contributed by atoms with Crippen molar-refractivity contribution in [1.29, 1.82) is 0 Å². The highest BCUT2D eigenvalue weighted by Crippen LogP contribution is 2.48. The van der Waals surface area contributed by atoms with Crippen LogP contribution in [0.3, 0.4) is 0 Å². The maximum absolute atomic E-state index is 12.4. The van der Waals surface area contributed by atoms with Gasteiger partial charge in [-0.25, -0.2) is 0 Å². The van der Waals surface area contributed by atoms with E-state index in [1.54, 1.807) is 0 Å².